The van der Waals surface area contributed by atoms with Gasteiger partial charge in [-0.3, -0.25) is 14.6 Å². The second kappa shape index (κ2) is 4.45. The quantitative estimate of drug-likeness (QED) is 0.889. The summed E-state index contributed by atoms with van der Waals surface area (Å²) >= 11 is 5.75. The van der Waals surface area contributed by atoms with Gasteiger partial charge in [0.2, 0.25) is 0 Å². The third-order valence-electron chi connectivity index (χ3n) is 2.21. The van der Waals surface area contributed by atoms with E-state index in [2.05, 4.69) is 5.10 Å². The van der Waals surface area contributed by atoms with Gasteiger partial charge in [0.05, 0.1) is 5.69 Å². The Kier molecular flexibility index (Phi) is 3.01. The number of aromatic amines is 1. The van der Waals surface area contributed by atoms with Crippen LogP contribution in [0.5, 0.6) is 5.75 Å². The molecule has 84 valence electrons. The number of hydrogen-bond acceptors (Lipinski definition) is 2. The first kappa shape index (κ1) is 10.8. The number of aromatic nitrogens is 2. The first-order valence-electron chi connectivity index (χ1n) is 4.78. The molecule has 1 N–H and O–H groups in total. The van der Waals surface area contributed by atoms with Crippen LogP contribution in [0.1, 0.15) is 5.69 Å². The molecule has 0 bridgehead atoms. The molecule has 2 rings (SSSR count). The zero-order valence-corrected chi connectivity index (χ0v) is 9.49. The predicted octanol–water partition coefficient (Wildman–Crippen LogP) is 1.95. The molecular weight excluding hydrogens is 228 g/mol. The van der Waals surface area contributed by atoms with Crippen LogP contribution in [0.3, 0.4) is 0 Å². The first-order chi connectivity index (χ1) is 7.65. The maximum Gasteiger partial charge on any atom is 0.264 e. The van der Waals surface area contributed by atoms with E-state index in [0.29, 0.717) is 11.6 Å². The highest BCUT2D eigenvalue weighted by molar-refractivity contribution is 6.30. The lowest BCUT2D eigenvalue weighted by Gasteiger charge is -2.06. The highest BCUT2D eigenvalue weighted by atomic mass is 35.5. The minimum absolute atomic E-state index is 0.128. The molecule has 0 radical (unpaired) electrons. The molecule has 0 aliphatic rings. The Morgan fingerprint density at radius 2 is 2.06 bits per heavy atom. The summed E-state index contributed by atoms with van der Waals surface area (Å²) in [6.45, 7) is 0.344. The molecule has 0 saturated carbocycles. The highest BCUT2D eigenvalue weighted by Gasteiger charge is 2.01. The molecule has 0 aliphatic carbocycles. The van der Waals surface area contributed by atoms with Gasteiger partial charge >= 0.3 is 0 Å². The molecule has 0 fully saturated rings. The number of benzene rings is 1. The van der Waals surface area contributed by atoms with Gasteiger partial charge in [0, 0.05) is 18.1 Å². The molecule has 0 unspecified atom stereocenters. The number of nitrogens with zero attached hydrogens (tertiary/aromatic N) is 1. The second-order valence-corrected chi connectivity index (χ2v) is 3.85. The third-order valence-corrected chi connectivity index (χ3v) is 2.46. The van der Waals surface area contributed by atoms with Crippen molar-refractivity contribution in [1.82, 2.24) is 9.78 Å². The number of nitrogens with one attached hydrogen (secondary N) is 1. The average Bonchev–Trinajstić information content (AvgIpc) is 2.57. The minimum atomic E-state index is -0.128. The SMILES string of the molecule is Cn1[nH]c(=O)cc1COc1ccc(Cl)cc1. The molecule has 0 aliphatic heterocycles. The summed E-state index contributed by atoms with van der Waals surface area (Å²) in [6.07, 6.45) is 0. The number of ether oxygens (including phenoxy) is 1. The van der Waals surface area contributed by atoms with Crippen LogP contribution in [-0.2, 0) is 13.7 Å². The van der Waals surface area contributed by atoms with E-state index in [1.807, 2.05) is 0 Å². The fourth-order valence-electron chi connectivity index (χ4n) is 1.34. The monoisotopic (exact) mass is 238 g/mol. The highest BCUT2D eigenvalue weighted by Crippen LogP contribution is 2.16. The van der Waals surface area contributed by atoms with Crippen LogP contribution < -0.4 is 10.3 Å². The van der Waals surface area contributed by atoms with Crippen LogP contribution in [0.2, 0.25) is 5.02 Å². The van der Waals surface area contributed by atoms with Crippen molar-refractivity contribution in [2.24, 2.45) is 7.05 Å². The topological polar surface area (TPSA) is 47.0 Å². The Hall–Kier alpha value is -1.68. The molecule has 0 atom stereocenters. The first-order valence-corrected chi connectivity index (χ1v) is 5.16. The van der Waals surface area contributed by atoms with Gasteiger partial charge in [-0.15, -0.1) is 0 Å². The van der Waals surface area contributed by atoms with E-state index in [-0.39, 0.29) is 5.56 Å². The normalized spacial score (nSPS) is 10.4. The van der Waals surface area contributed by atoms with E-state index in [1.54, 1.807) is 36.0 Å². The van der Waals surface area contributed by atoms with Crippen LogP contribution in [0.25, 0.3) is 0 Å². The molecule has 1 aromatic heterocycles. The minimum Gasteiger partial charge on any atom is -0.487 e. The van der Waals surface area contributed by atoms with Crippen LogP contribution >= 0.6 is 11.6 Å². The van der Waals surface area contributed by atoms with E-state index in [9.17, 15) is 4.79 Å². The van der Waals surface area contributed by atoms with Crippen molar-refractivity contribution in [3.63, 3.8) is 0 Å². The fraction of sp³-hybridized carbons (Fsp3) is 0.182. The molecule has 0 saturated heterocycles. The number of rotatable bonds is 3. The average molecular weight is 239 g/mol. The van der Waals surface area contributed by atoms with Gasteiger partial charge in [-0.1, -0.05) is 11.6 Å². The van der Waals surface area contributed by atoms with Gasteiger partial charge in [0.25, 0.3) is 5.56 Å². The molecule has 1 heterocycles. The standard InChI is InChI=1S/C11H11ClN2O2/c1-14-9(6-11(15)13-14)7-16-10-4-2-8(12)3-5-10/h2-6H,7H2,1H3,(H,13,15). The number of H-pyrrole nitrogens is 1. The molecule has 5 heteroatoms. The molecule has 0 spiro atoms. The zero-order chi connectivity index (χ0) is 11.5. The Morgan fingerprint density at radius 1 is 1.38 bits per heavy atom. The summed E-state index contributed by atoms with van der Waals surface area (Å²) in [5.41, 5.74) is 0.664. The Morgan fingerprint density at radius 3 is 2.62 bits per heavy atom. The Balaban J connectivity index is 2.05. The molecule has 2 aromatic rings. The molecular formula is C11H11ClN2O2. The van der Waals surface area contributed by atoms with Crippen molar-refractivity contribution >= 4 is 11.6 Å². The summed E-state index contributed by atoms with van der Waals surface area (Å²) in [4.78, 5) is 11.0. The molecule has 1 aromatic carbocycles. The van der Waals surface area contributed by atoms with Gasteiger partial charge < -0.3 is 4.74 Å². The largest absolute Gasteiger partial charge is 0.487 e. The van der Waals surface area contributed by atoms with Gasteiger partial charge in [-0.25, -0.2) is 0 Å². The third kappa shape index (κ3) is 2.46. The van der Waals surface area contributed by atoms with Crippen LogP contribution in [-0.4, -0.2) is 9.78 Å². The summed E-state index contributed by atoms with van der Waals surface area (Å²) in [7, 11) is 1.77. The van der Waals surface area contributed by atoms with Crippen LogP contribution in [0.15, 0.2) is 35.1 Å². The lowest BCUT2D eigenvalue weighted by molar-refractivity contribution is 0.295. The Bertz CT molecular complexity index is 528. The van der Waals surface area contributed by atoms with Gasteiger partial charge in [0.15, 0.2) is 0 Å². The van der Waals surface area contributed by atoms with E-state index >= 15 is 0 Å². The van der Waals surface area contributed by atoms with Crippen molar-refractivity contribution < 1.29 is 4.74 Å². The van der Waals surface area contributed by atoms with E-state index in [0.717, 1.165) is 11.4 Å². The number of aryl methyl sites for hydroxylation is 1. The van der Waals surface area contributed by atoms with Crippen molar-refractivity contribution in [3.05, 3.63) is 51.4 Å². The predicted molar refractivity (Wildman–Crippen MR) is 61.8 cm³/mol. The number of halogens is 1. The van der Waals surface area contributed by atoms with Crippen LogP contribution in [0.4, 0.5) is 0 Å². The van der Waals surface area contributed by atoms with Crippen LogP contribution in [0, 0.1) is 0 Å². The maximum atomic E-state index is 11.0. The van der Waals surface area contributed by atoms with Crippen molar-refractivity contribution in [3.8, 4) is 5.75 Å². The molecule has 16 heavy (non-hydrogen) atoms. The lowest BCUT2D eigenvalue weighted by Crippen LogP contribution is -2.04. The fourth-order valence-corrected chi connectivity index (χ4v) is 1.47. The molecule has 4 nitrogen and oxygen atoms in total. The van der Waals surface area contributed by atoms with E-state index < -0.39 is 0 Å². The van der Waals surface area contributed by atoms with Crippen molar-refractivity contribution in [1.29, 1.82) is 0 Å². The maximum absolute atomic E-state index is 11.0. The molecule has 0 amide bonds. The summed E-state index contributed by atoms with van der Waals surface area (Å²) in [5, 5.41) is 3.28. The van der Waals surface area contributed by atoms with Crippen molar-refractivity contribution in [2.75, 3.05) is 0 Å². The van der Waals surface area contributed by atoms with Gasteiger partial charge in [-0.05, 0) is 24.3 Å². The van der Waals surface area contributed by atoms with Gasteiger partial charge in [-0.2, -0.15) is 0 Å². The zero-order valence-electron chi connectivity index (χ0n) is 8.74. The van der Waals surface area contributed by atoms with Gasteiger partial charge in [0.1, 0.15) is 12.4 Å². The Labute approximate surface area is 97.4 Å². The van der Waals surface area contributed by atoms with Crippen molar-refractivity contribution in [2.45, 2.75) is 6.61 Å². The van der Waals surface area contributed by atoms with E-state index in [4.69, 9.17) is 16.3 Å². The lowest BCUT2D eigenvalue weighted by atomic mass is 10.3. The second-order valence-electron chi connectivity index (χ2n) is 3.41. The summed E-state index contributed by atoms with van der Waals surface area (Å²) < 4.78 is 7.14. The summed E-state index contributed by atoms with van der Waals surface area (Å²) in [5.74, 6) is 0.720. The summed E-state index contributed by atoms with van der Waals surface area (Å²) in [6, 6.07) is 8.59. The van der Waals surface area contributed by atoms with E-state index in [1.165, 1.54) is 6.07 Å². The number of hydrogen-bond donors (Lipinski definition) is 1. The smallest absolute Gasteiger partial charge is 0.264 e.